The Morgan fingerprint density at radius 1 is 1.16 bits per heavy atom. The van der Waals surface area contributed by atoms with Gasteiger partial charge in [0, 0.05) is 6.04 Å². The van der Waals surface area contributed by atoms with Crippen LogP contribution in [-0.4, -0.2) is 12.2 Å². The lowest BCUT2D eigenvalue weighted by molar-refractivity contribution is -0.195. The van der Waals surface area contributed by atoms with Crippen LogP contribution in [0.5, 0.6) is 0 Å². The molecule has 1 aromatic rings. The number of nitriles is 1. The first-order chi connectivity index (χ1) is 8.82. The van der Waals surface area contributed by atoms with Gasteiger partial charge in [0.25, 0.3) is 0 Å². The third kappa shape index (κ3) is 2.62. The minimum Gasteiger partial charge on any atom is -0.380 e. The van der Waals surface area contributed by atoms with Gasteiger partial charge in [-0.05, 0) is 25.0 Å². The van der Waals surface area contributed by atoms with Crippen molar-refractivity contribution in [2.24, 2.45) is 5.92 Å². The van der Waals surface area contributed by atoms with Crippen LogP contribution in [0.1, 0.15) is 18.4 Å². The van der Waals surface area contributed by atoms with Crippen LogP contribution in [0.4, 0.5) is 27.6 Å². The van der Waals surface area contributed by atoms with Gasteiger partial charge in [-0.25, -0.2) is 8.78 Å². The average Bonchev–Trinajstić information content (AvgIpc) is 2.26. The molecule has 1 fully saturated rings. The fourth-order valence-corrected chi connectivity index (χ4v) is 1.97. The largest absolute Gasteiger partial charge is 0.391 e. The van der Waals surface area contributed by atoms with E-state index in [-0.39, 0.29) is 18.5 Å². The van der Waals surface area contributed by atoms with Crippen molar-refractivity contribution in [3.63, 3.8) is 0 Å². The molecule has 1 N–H and O–H groups in total. The molecular weight excluding hydrogens is 267 g/mol. The zero-order chi connectivity index (χ0) is 14.2. The predicted octanol–water partition coefficient (Wildman–Crippen LogP) is 3.59. The molecule has 0 aromatic heterocycles. The summed E-state index contributed by atoms with van der Waals surface area (Å²) >= 11 is 0. The molecule has 0 bridgehead atoms. The summed E-state index contributed by atoms with van der Waals surface area (Å²) in [6, 6.07) is 3.18. The third-order valence-electron chi connectivity index (χ3n) is 3.16. The zero-order valence-electron chi connectivity index (χ0n) is 9.56. The molecule has 1 aliphatic rings. The zero-order valence-corrected chi connectivity index (χ0v) is 9.56. The molecule has 0 amide bonds. The van der Waals surface area contributed by atoms with Gasteiger partial charge in [0.05, 0.1) is 17.2 Å². The van der Waals surface area contributed by atoms with Crippen molar-refractivity contribution < 1.29 is 22.0 Å². The highest BCUT2D eigenvalue weighted by Gasteiger charge is 2.47. The summed E-state index contributed by atoms with van der Waals surface area (Å²) in [6.07, 6.45) is -4.57. The van der Waals surface area contributed by atoms with Gasteiger partial charge < -0.3 is 5.32 Å². The number of alkyl halides is 3. The maximum atomic E-state index is 13.5. The molecule has 1 saturated carbocycles. The van der Waals surface area contributed by atoms with Crippen molar-refractivity contribution in [2.75, 3.05) is 5.32 Å². The van der Waals surface area contributed by atoms with Crippen LogP contribution in [-0.2, 0) is 0 Å². The lowest BCUT2D eigenvalue weighted by Gasteiger charge is -2.37. The lowest BCUT2D eigenvalue weighted by Crippen LogP contribution is -2.43. The van der Waals surface area contributed by atoms with Crippen molar-refractivity contribution in [1.82, 2.24) is 0 Å². The van der Waals surface area contributed by atoms with Gasteiger partial charge in [0.1, 0.15) is 6.07 Å². The van der Waals surface area contributed by atoms with Gasteiger partial charge in [-0.15, -0.1) is 0 Å². The van der Waals surface area contributed by atoms with Crippen LogP contribution >= 0.6 is 0 Å². The van der Waals surface area contributed by atoms with E-state index in [0.29, 0.717) is 0 Å². The van der Waals surface area contributed by atoms with Crippen LogP contribution in [0, 0.1) is 28.9 Å². The van der Waals surface area contributed by atoms with E-state index in [0.717, 1.165) is 12.1 Å². The maximum absolute atomic E-state index is 13.5. The van der Waals surface area contributed by atoms with Crippen LogP contribution in [0.2, 0.25) is 0 Å². The second-order valence-electron chi connectivity index (χ2n) is 4.45. The smallest absolute Gasteiger partial charge is 0.380 e. The molecule has 2 nitrogen and oxygen atoms in total. The molecule has 1 aliphatic carbocycles. The van der Waals surface area contributed by atoms with E-state index >= 15 is 0 Å². The first-order valence-electron chi connectivity index (χ1n) is 5.54. The molecular formula is C12H9F5N2. The van der Waals surface area contributed by atoms with Crippen molar-refractivity contribution in [1.29, 1.82) is 5.26 Å². The summed E-state index contributed by atoms with van der Waals surface area (Å²) in [5.41, 5.74) is -0.660. The number of hydrogen-bond acceptors (Lipinski definition) is 2. The highest BCUT2D eigenvalue weighted by atomic mass is 19.4. The van der Waals surface area contributed by atoms with Crippen molar-refractivity contribution in [3.05, 3.63) is 29.3 Å². The molecule has 0 spiro atoms. The monoisotopic (exact) mass is 276 g/mol. The van der Waals surface area contributed by atoms with Crippen LogP contribution in [0.3, 0.4) is 0 Å². The molecule has 0 aliphatic heterocycles. The van der Waals surface area contributed by atoms with Gasteiger partial charge in [-0.1, -0.05) is 0 Å². The third-order valence-corrected chi connectivity index (χ3v) is 3.16. The Labute approximate surface area is 105 Å². The number of nitrogens with one attached hydrogen (secondary N) is 1. The minimum atomic E-state index is -4.24. The molecule has 0 unspecified atom stereocenters. The Morgan fingerprint density at radius 2 is 1.79 bits per heavy atom. The van der Waals surface area contributed by atoms with E-state index in [4.69, 9.17) is 5.26 Å². The number of nitrogens with zero attached hydrogens (tertiary/aromatic N) is 1. The van der Waals surface area contributed by atoms with Gasteiger partial charge in [0.2, 0.25) is 0 Å². The van der Waals surface area contributed by atoms with E-state index in [9.17, 15) is 22.0 Å². The Kier molecular flexibility index (Phi) is 3.35. The van der Waals surface area contributed by atoms with E-state index in [2.05, 4.69) is 5.32 Å². The summed E-state index contributed by atoms with van der Waals surface area (Å²) < 4.78 is 63.5. The van der Waals surface area contributed by atoms with Crippen molar-refractivity contribution >= 4 is 5.69 Å². The molecule has 19 heavy (non-hydrogen) atoms. The Balaban J connectivity index is 2.03. The Hall–Kier alpha value is -1.84. The SMILES string of the molecule is N#Cc1ccc(NC2CC(C(F)(F)F)C2)c(F)c1F. The normalized spacial score (nSPS) is 22.5. The van der Waals surface area contributed by atoms with E-state index < -0.39 is 35.3 Å². The molecule has 102 valence electrons. The molecule has 0 atom stereocenters. The molecule has 2 rings (SSSR count). The van der Waals surface area contributed by atoms with E-state index in [1.807, 2.05) is 0 Å². The van der Waals surface area contributed by atoms with Crippen molar-refractivity contribution in [2.45, 2.75) is 25.1 Å². The Morgan fingerprint density at radius 3 is 2.32 bits per heavy atom. The van der Waals surface area contributed by atoms with Gasteiger partial charge in [0.15, 0.2) is 11.6 Å². The number of anilines is 1. The van der Waals surface area contributed by atoms with Crippen LogP contribution < -0.4 is 5.32 Å². The summed E-state index contributed by atoms with van der Waals surface area (Å²) in [4.78, 5) is 0. The molecule has 7 heteroatoms. The predicted molar refractivity (Wildman–Crippen MR) is 57.3 cm³/mol. The lowest BCUT2D eigenvalue weighted by atomic mass is 9.79. The molecule has 1 aromatic carbocycles. The second kappa shape index (κ2) is 4.68. The summed E-state index contributed by atoms with van der Waals surface area (Å²) in [5, 5.41) is 11.0. The first kappa shape index (κ1) is 13.6. The van der Waals surface area contributed by atoms with Gasteiger partial charge in [-0.2, -0.15) is 18.4 Å². The summed E-state index contributed by atoms with van der Waals surface area (Å²) in [5.74, 6) is -3.93. The number of hydrogen-bond donors (Lipinski definition) is 1. The highest BCUT2D eigenvalue weighted by Crippen LogP contribution is 2.42. The number of halogens is 5. The average molecular weight is 276 g/mol. The minimum absolute atomic E-state index is 0.162. The molecule has 0 heterocycles. The van der Waals surface area contributed by atoms with Gasteiger partial charge >= 0.3 is 6.18 Å². The number of rotatable bonds is 2. The number of benzene rings is 1. The standard InChI is InChI=1S/C12H9F5N2/c13-10-6(5-18)1-2-9(11(10)14)19-8-3-7(4-8)12(15,16)17/h1-2,7-8,19H,3-4H2. The second-order valence-corrected chi connectivity index (χ2v) is 4.45. The van der Waals surface area contributed by atoms with Crippen LogP contribution in [0.25, 0.3) is 0 Å². The first-order valence-corrected chi connectivity index (χ1v) is 5.54. The molecule has 0 radical (unpaired) electrons. The fraction of sp³-hybridized carbons (Fsp3) is 0.417. The van der Waals surface area contributed by atoms with Crippen molar-refractivity contribution in [3.8, 4) is 6.07 Å². The Bertz CT molecular complexity index is 526. The van der Waals surface area contributed by atoms with E-state index in [1.165, 1.54) is 6.07 Å². The van der Waals surface area contributed by atoms with Gasteiger partial charge in [-0.3, -0.25) is 0 Å². The topological polar surface area (TPSA) is 35.8 Å². The summed E-state index contributed by atoms with van der Waals surface area (Å²) in [7, 11) is 0. The van der Waals surface area contributed by atoms with Crippen LogP contribution in [0.15, 0.2) is 12.1 Å². The quantitative estimate of drug-likeness (QED) is 0.838. The molecule has 0 saturated heterocycles. The summed E-state index contributed by atoms with van der Waals surface area (Å²) in [6.45, 7) is 0. The fourth-order valence-electron chi connectivity index (χ4n) is 1.97. The maximum Gasteiger partial charge on any atom is 0.391 e. The highest BCUT2D eigenvalue weighted by molar-refractivity contribution is 5.50. The van der Waals surface area contributed by atoms with E-state index in [1.54, 1.807) is 0 Å².